The van der Waals surface area contributed by atoms with Crippen LogP contribution in [-0.2, 0) is 6.42 Å². The highest BCUT2D eigenvalue weighted by atomic mass is 79.9. The summed E-state index contributed by atoms with van der Waals surface area (Å²) in [4.78, 5) is 0. The second-order valence-corrected chi connectivity index (χ2v) is 5.72. The summed E-state index contributed by atoms with van der Waals surface area (Å²) in [5.74, 6) is -0.734. The first kappa shape index (κ1) is 15.4. The molecule has 0 aliphatic carbocycles. The van der Waals surface area contributed by atoms with E-state index in [-0.39, 0.29) is 16.9 Å². The van der Waals surface area contributed by atoms with Crippen LogP contribution in [0.2, 0.25) is 5.02 Å². The first-order valence-corrected chi connectivity index (χ1v) is 7.24. The second-order valence-electron chi connectivity index (χ2n) is 4.45. The summed E-state index contributed by atoms with van der Waals surface area (Å²) >= 11 is 9.03. The summed E-state index contributed by atoms with van der Waals surface area (Å²) in [5, 5.41) is 3.23. The third-order valence-corrected chi connectivity index (χ3v) is 4.18. The van der Waals surface area contributed by atoms with Gasteiger partial charge in [0, 0.05) is 10.5 Å². The van der Waals surface area contributed by atoms with Crippen LogP contribution in [-0.4, -0.2) is 7.05 Å². The van der Waals surface area contributed by atoms with Gasteiger partial charge in [-0.1, -0.05) is 39.7 Å². The summed E-state index contributed by atoms with van der Waals surface area (Å²) in [6.45, 7) is 0. The van der Waals surface area contributed by atoms with Gasteiger partial charge < -0.3 is 5.32 Å². The molecule has 2 aromatic rings. The second kappa shape index (κ2) is 6.66. The fraction of sp³-hybridized carbons (Fsp3) is 0.200. The third kappa shape index (κ3) is 3.57. The predicted octanol–water partition coefficient (Wildman–Crippen LogP) is 4.88. The zero-order valence-electron chi connectivity index (χ0n) is 10.8. The fourth-order valence-corrected chi connectivity index (χ4v) is 2.65. The number of hydrogen-bond donors (Lipinski definition) is 1. The molecule has 0 bridgehead atoms. The highest BCUT2D eigenvalue weighted by Gasteiger charge is 2.14. The predicted molar refractivity (Wildman–Crippen MR) is 81.0 cm³/mol. The lowest BCUT2D eigenvalue weighted by Gasteiger charge is -2.18. The molecule has 0 aliphatic heterocycles. The van der Waals surface area contributed by atoms with Crippen LogP contribution in [0.1, 0.15) is 17.2 Å². The minimum Gasteiger partial charge on any atom is -0.313 e. The lowest BCUT2D eigenvalue weighted by Crippen LogP contribution is -2.19. The Morgan fingerprint density at radius 1 is 1.20 bits per heavy atom. The van der Waals surface area contributed by atoms with Gasteiger partial charge in [0.1, 0.15) is 11.6 Å². The molecule has 0 aliphatic rings. The molecule has 0 fully saturated rings. The number of nitrogens with one attached hydrogen (secondary N) is 1. The Kier molecular flexibility index (Phi) is 5.13. The van der Waals surface area contributed by atoms with Gasteiger partial charge in [-0.2, -0.15) is 0 Å². The van der Waals surface area contributed by atoms with Gasteiger partial charge in [-0.3, -0.25) is 0 Å². The number of benzene rings is 2. The van der Waals surface area contributed by atoms with Crippen LogP contribution in [0.3, 0.4) is 0 Å². The molecule has 2 rings (SSSR count). The summed E-state index contributed by atoms with van der Waals surface area (Å²) in [6, 6.07) is 9.21. The van der Waals surface area contributed by atoms with Crippen LogP contribution in [0.5, 0.6) is 0 Å². The Bertz CT molecular complexity index is 619. The van der Waals surface area contributed by atoms with E-state index in [1.807, 2.05) is 0 Å². The summed E-state index contributed by atoms with van der Waals surface area (Å²) in [7, 11) is 1.80. The standard InChI is InChI=1S/C15H13BrClF2N/c1-20-15(10-3-5-13(17)14(19)6-10)7-9-2-4-11(18)8-12(9)16/h2-6,8,15,20H,7H2,1H3. The fourth-order valence-electron chi connectivity index (χ4n) is 2.02. The molecule has 5 heteroatoms. The molecule has 0 heterocycles. The molecular formula is C15H13BrClF2N. The van der Waals surface area contributed by atoms with E-state index >= 15 is 0 Å². The van der Waals surface area contributed by atoms with Crippen molar-refractivity contribution in [1.29, 1.82) is 0 Å². The smallest absolute Gasteiger partial charge is 0.142 e. The van der Waals surface area contributed by atoms with Gasteiger partial charge in [0.25, 0.3) is 0 Å². The maximum Gasteiger partial charge on any atom is 0.142 e. The zero-order chi connectivity index (χ0) is 14.7. The third-order valence-electron chi connectivity index (χ3n) is 3.13. The minimum atomic E-state index is -0.442. The Morgan fingerprint density at radius 3 is 2.55 bits per heavy atom. The zero-order valence-corrected chi connectivity index (χ0v) is 13.1. The molecule has 0 aromatic heterocycles. The van der Waals surface area contributed by atoms with Crippen molar-refractivity contribution in [3.05, 3.63) is 68.7 Å². The largest absolute Gasteiger partial charge is 0.313 e. The molecule has 1 N–H and O–H groups in total. The Labute approximate surface area is 130 Å². The van der Waals surface area contributed by atoms with Crippen LogP contribution in [0.4, 0.5) is 8.78 Å². The lowest BCUT2D eigenvalue weighted by molar-refractivity contribution is 0.575. The molecule has 0 radical (unpaired) electrons. The normalized spacial score (nSPS) is 12.4. The van der Waals surface area contributed by atoms with Gasteiger partial charge in [-0.15, -0.1) is 0 Å². The van der Waals surface area contributed by atoms with Crippen molar-refractivity contribution < 1.29 is 8.78 Å². The van der Waals surface area contributed by atoms with Crippen molar-refractivity contribution in [2.24, 2.45) is 0 Å². The minimum absolute atomic E-state index is 0.0801. The van der Waals surface area contributed by atoms with Crippen molar-refractivity contribution >= 4 is 27.5 Å². The average Bonchev–Trinajstić information content (AvgIpc) is 2.41. The first-order valence-electron chi connectivity index (χ1n) is 6.07. The van der Waals surface area contributed by atoms with E-state index in [2.05, 4.69) is 21.2 Å². The molecule has 1 nitrogen and oxygen atoms in total. The maximum absolute atomic E-state index is 13.5. The van der Waals surface area contributed by atoms with Crippen LogP contribution < -0.4 is 5.32 Å². The molecule has 20 heavy (non-hydrogen) atoms. The van der Waals surface area contributed by atoms with E-state index in [4.69, 9.17) is 11.6 Å². The van der Waals surface area contributed by atoms with Gasteiger partial charge >= 0.3 is 0 Å². The van der Waals surface area contributed by atoms with Crippen molar-refractivity contribution in [3.8, 4) is 0 Å². The molecule has 2 aromatic carbocycles. The molecule has 0 saturated heterocycles. The monoisotopic (exact) mass is 359 g/mol. The van der Waals surface area contributed by atoms with E-state index in [9.17, 15) is 8.78 Å². The number of halogens is 4. The SMILES string of the molecule is CNC(Cc1ccc(F)cc1Br)c1ccc(Cl)c(F)c1. The molecule has 1 unspecified atom stereocenters. The summed E-state index contributed by atoms with van der Waals surface area (Å²) in [6.07, 6.45) is 0.610. The number of hydrogen-bond acceptors (Lipinski definition) is 1. The maximum atomic E-state index is 13.5. The molecular weight excluding hydrogens is 348 g/mol. The Balaban J connectivity index is 2.26. The van der Waals surface area contributed by atoms with Crippen LogP contribution in [0, 0.1) is 11.6 Å². The molecule has 0 saturated carbocycles. The topological polar surface area (TPSA) is 12.0 Å². The van der Waals surface area contributed by atoms with E-state index in [0.717, 1.165) is 11.1 Å². The first-order chi connectivity index (χ1) is 9.51. The highest BCUT2D eigenvalue weighted by Crippen LogP contribution is 2.26. The van der Waals surface area contributed by atoms with Gasteiger partial charge in [0.15, 0.2) is 0 Å². The van der Waals surface area contributed by atoms with Crippen molar-refractivity contribution in [2.75, 3.05) is 7.05 Å². The Morgan fingerprint density at radius 2 is 1.95 bits per heavy atom. The Hall–Kier alpha value is -0.970. The van der Waals surface area contributed by atoms with Crippen LogP contribution in [0.15, 0.2) is 40.9 Å². The molecule has 1 atom stereocenters. The summed E-state index contributed by atoms with van der Waals surface area (Å²) < 4.78 is 27.3. The van der Waals surface area contributed by atoms with E-state index in [1.54, 1.807) is 19.2 Å². The van der Waals surface area contributed by atoms with Crippen molar-refractivity contribution in [1.82, 2.24) is 5.32 Å². The molecule has 106 valence electrons. The molecule has 0 spiro atoms. The number of likely N-dealkylation sites (N-methyl/N-ethyl adjacent to an activating group) is 1. The van der Waals surface area contributed by atoms with Gasteiger partial charge in [0.05, 0.1) is 5.02 Å². The van der Waals surface area contributed by atoms with E-state index < -0.39 is 5.82 Å². The van der Waals surface area contributed by atoms with Gasteiger partial charge in [0.2, 0.25) is 0 Å². The van der Waals surface area contributed by atoms with Crippen molar-refractivity contribution in [2.45, 2.75) is 12.5 Å². The summed E-state index contributed by atoms with van der Waals surface area (Å²) in [5.41, 5.74) is 1.74. The average molecular weight is 361 g/mol. The molecule has 0 amide bonds. The highest BCUT2D eigenvalue weighted by molar-refractivity contribution is 9.10. The van der Waals surface area contributed by atoms with Gasteiger partial charge in [-0.25, -0.2) is 8.78 Å². The van der Waals surface area contributed by atoms with Crippen LogP contribution in [0.25, 0.3) is 0 Å². The quantitative estimate of drug-likeness (QED) is 0.819. The van der Waals surface area contributed by atoms with Gasteiger partial charge in [-0.05, 0) is 48.9 Å². The lowest BCUT2D eigenvalue weighted by atomic mass is 9.99. The number of rotatable bonds is 4. The van der Waals surface area contributed by atoms with E-state index in [1.165, 1.54) is 24.3 Å². The van der Waals surface area contributed by atoms with E-state index in [0.29, 0.717) is 10.9 Å². The van der Waals surface area contributed by atoms with Crippen LogP contribution >= 0.6 is 27.5 Å². The van der Waals surface area contributed by atoms with Crippen molar-refractivity contribution in [3.63, 3.8) is 0 Å².